The number of nitriles is 1. The van der Waals surface area contributed by atoms with E-state index < -0.39 is 9.41 Å². The summed E-state index contributed by atoms with van der Waals surface area (Å²) in [6.07, 6.45) is 15.6. The van der Waals surface area contributed by atoms with Crippen LogP contribution in [0.4, 0.5) is 5.82 Å². The van der Waals surface area contributed by atoms with Gasteiger partial charge in [0.25, 0.3) is 0 Å². The van der Waals surface area contributed by atoms with Gasteiger partial charge in [0.05, 0.1) is 29.5 Å². The Morgan fingerprint density at radius 1 is 1.06 bits per heavy atom. The molecule has 0 unspecified atom stereocenters. The fraction of sp³-hybridized carbons (Fsp3) is 0.320. The third-order valence-electron chi connectivity index (χ3n) is 6.05. The number of nitrogens with zero attached hydrogens (tertiary/aromatic N) is 8. The highest BCUT2D eigenvalue weighted by atomic mass is 32.2. The number of anilines is 1. The van der Waals surface area contributed by atoms with Crippen LogP contribution in [0.5, 0.6) is 0 Å². The maximum Gasteiger partial charge on any atom is 0.128 e. The number of aryl methyl sites for hydroxylation is 1. The minimum absolute atomic E-state index is 0.396. The zero-order valence-corrected chi connectivity index (χ0v) is 20.5. The molecule has 0 saturated carbocycles. The zero-order chi connectivity index (χ0) is 23.9. The molecule has 1 aliphatic rings. The van der Waals surface area contributed by atoms with E-state index in [0.717, 1.165) is 59.5 Å². The van der Waals surface area contributed by atoms with Gasteiger partial charge in [-0.15, -0.1) is 9.41 Å². The van der Waals surface area contributed by atoms with Crippen molar-refractivity contribution >= 4 is 26.6 Å². The first kappa shape index (κ1) is 22.2. The van der Waals surface area contributed by atoms with Crippen LogP contribution in [-0.4, -0.2) is 61.9 Å². The summed E-state index contributed by atoms with van der Waals surface area (Å²) in [5.74, 6) is 5.17. The summed E-state index contributed by atoms with van der Waals surface area (Å²) in [5, 5.41) is 18.4. The first-order chi connectivity index (χ1) is 16.3. The molecule has 1 aliphatic heterocycles. The Hall–Kier alpha value is -3.64. The second kappa shape index (κ2) is 8.61. The average Bonchev–Trinajstić information content (AvgIpc) is 3.44. The van der Waals surface area contributed by atoms with E-state index in [0.29, 0.717) is 11.6 Å². The normalized spacial score (nSPS) is 14.9. The number of pyridine rings is 2. The second-order valence-electron chi connectivity index (χ2n) is 9.22. The molecular formula is C25H28N8S. The quantitative estimate of drug-likeness (QED) is 0.423. The molecule has 0 radical (unpaired) electrons. The van der Waals surface area contributed by atoms with Crippen LogP contribution in [0.1, 0.15) is 18.4 Å². The van der Waals surface area contributed by atoms with Crippen LogP contribution in [0, 0.1) is 11.3 Å². The van der Waals surface area contributed by atoms with Gasteiger partial charge in [-0.1, -0.05) is 5.87 Å². The highest BCUT2D eigenvalue weighted by molar-refractivity contribution is 8.01. The average molecular weight is 473 g/mol. The molecule has 34 heavy (non-hydrogen) atoms. The molecule has 5 rings (SSSR count). The summed E-state index contributed by atoms with van der Waals surface area (Å²) in [6, 6.07) is 8.90. The number of fused-ring (bicyclic) bond motifs is 1. The van der Waals surface area contributed by atoms with Gasteiger partial charge in [-0.25, -0.2) is 9.50 Å². The predicted octanol–water partition coefficient (Wildman–Crippen LogP) is 3.67. The molecule has 0 spiro atoms. The Kier molecular flexibility index (Phi) is 5.62. The van der Waals surface area contributed by atoms with Crippen molar-refractivity contribution in [2.45, 2.75) is 18.9 Å². The van der Waals surface area contributed by atoms with Gasteiger partial charge in [-0.05, 0) is 43.6 Å². The van der Waals surface area contributed by atoms with E-state index in [1.54, 1.807) is 15.4 Å². The second-order valence-corrected chi connectivity index (χ2v) is 12.4. The summed E-state index contributed by atoms with van der Waals surface area (Å²) in [5.41, 5.74) is 5.17. The minimum atomic E-state index is -1.08. The standard InChI is InChI=1S/C25H28N8S/c1-31-16-21(15-28-31)19-11-23(25-20(12-26)14-29-33(25)17-19)18-5-6-24(27-13-18)32-9-7-22(8-10-32)30-34(2,3)4/h5-6,11,13-17,22H,2,7-10H2,1,3-4H3. The Morgan fingerprint density at radius 3 is 2.47 bits per heavy atom. The topological polar surface area (TPSA) is 87.4 Å². The largest absolute Gasteiger partial charge is 0.356 e. The Labute approximate surface area is 200 Å². The van der Waals surface area contributed by atoms with Crippen molar-refractivity contribution in [2.24, 2.45) is 11.4 Å². The van der Waals surface area contributed by atoms with Gasteiger partial charge in [0.1, 0.15) is 11.9 Å². The maximum absolute atomic E-state index is 9.64. The van der Waals surface area contributed by atoms with Crippen molar-refractivity contribution in [3.05, 3.63) is 54.7 Å². The van der Waals surface area contributed by atoms with Crippen LogP contribution in [-0.2, 0) is 16.5 Å². The summed E-state index contributed by atoms with van der Waals surface area (Å²) in [7, 11) is 0.816. The molecule has 0 aromatic carbocycles. The van der Waals surface area contributed by atoms with Gasteiger partial charge in [-0.2, -0.15) is 15.5 Å². The molecule has 0 aliphatic carbocycles. The van der Waals surface area contributed by atoms with Crippen molar-refractivity contribution in [2.75, 3.05) is 30.5 Å². The molecule has 0 bridgehead atoms. The highest BCUT2D eigenvalue weighted by Gasteiger charge is 2.20. The van der Waals surface area contributed by atoms with Crippen LogP contribution in [0.15, 0.2) is 53.5 Å². The Bertz CT molecular complexity index is 1500. The van der Waals surface area contributed by atoms with Crippen molar-refractivity contribution in [3.63, 3.8) is 0 Å². The van der Waals surface area contributed by atoms with E-state index in [-0.39, 0.29) is 0 Å². The highest BCUT2D eigenvalue weighted by Crippen LogP contribution is 2.32. The molecular weight excluding hydrogens is 444 g/mol. The van der Waals surface area contributed by atoms with Gasteiger partial charge >= 0.3 is 0 Å². The maximum atomic E-state index is 9.64. The fourth-order valence-corrected chi connectivity index (χ4v) is 5.51. The van der Waals surface area contributed by atoms with Crippen LogP contribution in [0.25, 0.3) is 27.8 Å². The van der Waals surface area contributed by atoms with Gasteiger partial charge in [0.2, 0.25) is 0 Å². The van der Waals surface area contributed by atoms with Gasteiger partial charge < -0.3 is 4.90 Å². The summed E-state index contributed by atoms with van der Waals surface area (Å²) in [6.45, 7) is 1.88. The molecule has 174 valence electrons. The molecule has 0 atom stereocenters. The Balaban J connectivity index is 1.47. The number of rotatable bonds is 4. The molecule has 5 heterocycles. The first-order valence-electron chi connectivity index (χ1n) is 11.2. The molecule has 1 fully saturated rings. The van der Waals surface area contributed by atoms with Crippen molar-refractivity contribution < 1.29 is 0 Å². The smallest absolute Gasteiger partial charge is 0.128 e. The lowest BCUT2D eigenvalue weighted by Crippen LogP contribution is -2.36. The molecule has 0 amide bonds. The van der Waals surface area contributed by atoms with Gasteiger partial charge in [-0.3, -0.25) is 9.04 Å². The van der Waals surface area contributed by atoms with E-state index in [2.05, 4.69) is 57.7 Å². The number of hydrogen-bond donors (Lipinski definition) is 0. The number of aromatic nitrogens is 5. The summed E-state index contributed by atoms with van der Waals surface area (Å²) < 4.78 is 8.45. The number of hydrogen-bond acceptors (Lipinski definition) is 6. The van der Waals surface area contributed by atoms with Crippen LogP contribution in [0.3, 0.4) is 0 Å². The van der Waals surface area contributed by atoms with E-state index in [1.165, 1.54) is 0 Å². The SMILES string of the molecule is C=S(C)(C)=NC1CCN(c2ccc(-c3cc(-c4cnn(C)c4)cn4ncc(C#N)c34)cn2)CC1. The Morgan fingerprint density at radius 2 is 1.85 bits per heavy atom. The van der Waals surface area contributed by atoms with E-state index in [1.807, 2.05) is 31.8 Å². The molecule has 9 heteroatoms. The monoisotopic (exact) mass is 472 g/mol. The fourth-order valence-electron chi connectivity index (χ4n) is 4.49. The lowest BCUT2D eigenvalue weighted by atomic mass is 10.0. The molecule has 4 aromatic heterocycles. The van der Waals surface area contributed by atoms with E-state index in [9.17, 15) is 5.26 Å². The van der Waals surface area contributed by atoms with Crippen molar-refractivity contribution in [3.8, 4) is 28.3 Å². The van der Waals surface area contributed by atoms with Crippen LogP contribution < -0.4 is 4.90 Å². The van der Waals surface area contributed by atoms with Crippen LogP contribution in [0.2, 0.25) is 0 Å². The molecule has 4 aromatic rings. The lowest BCUT2D eigenvalue weighted by Gasteiger charge is -2.31. The molecule has 0 N–H and O–H groups in total. The third kappa shape index (κ3) is 4.41. The molecule has 1 saturated heterocycles. The zero-order valence-electron chi connectivity index (χ0n) is 19.7. The summed E-state index contributed by atoms with van der Waals surface area (Å²) in [4.78, 5) is 7.11. The minimum Gasteiger partial charge on any atom is -0.356 e. The van der Waals surface area contributed by atoms with E-state index >= 15 is 0 Å². The van der Waals surface area contributed by atoms with Gasteiger partial charge in [0, 0.05) is 61.0 Å². The molecule has 8 nitrogen and oxygen atoms in total. The number of piperidine rings is 1. The van der Waals surface area contributed by atoms with Crippen molar-refractivity contribution in [1.29, 1.82) is 5.26 Å². The van der Waals surface area contributed by atoms with Gasteiger partial charge in [0.15, 0.2) is 0 Å². The first-order valence-corrected chi connectivity index (χ1v) is 13.8. The van der Waals surface area contributed by atoms with Crippen LogP contribution >= 0.6 is 0 Å². The summed E-state index contributed by atoms with van der Waals surface area (Å²) >= 11 is 0. The predicted molar refractivity (Wildman–Crippen MR) is 139 cm³/mol. The van der Waals surface area contributed by atoms with E-state index in [4.69, 9.17) is 9.35 Å². The lowest BCUT2D eigenvalue weighted by molar-refractivity contribution is 0.504. The van der Waals surface area contributed by atoms with Crippen molar-refractivity contribution in [1.82, 2.24) is 24.4 Å². The third-order valence-corrected chi connectivity index (χ3v) is 6.92.